The largest absolute Gasteiger partial charge is 0.497 e. The predicted octanol–water partition coefficient (Wildman–Crippen LogP) is 2.23. The number of carbonyl (C=O) groups excluding carboxylic acids is 1. The molecule has 2 aromatic carbocycles. The number of carbonyl (C=O) groups is 1. The van der Waals surface area contributed by atoms with Gasteiger partial charge in [-0.05, 0) is 49.4 Å². The van der Waals surface area contributed by atoms with Crippen molar-refractivity contribution in [3.8, 4) is 11.5 Å². The fourth-order valence-electron chi connectivity index (χ4n) is 4.19. The average molecular weight is 520 g/mol. The normalized spacial score (nSPS) is 19.6. The monoisotopic (exact) mass is 519 g/mol. The molecule has 0 spiro atoms. The molecule has 0 aromatic heterocycles. The first kappa shape index (κ1) is 27.8. The van der Waals surface area contributed by atoms with Crippen LogP contribution in [0.4, 0.5) is 5.69 Å². The number of aliphatic hydroxyl groups excluding tert-OH is 1. The highest BCUT2D eigenvalue weighted by Crippen LogP contribution is 2.30. The smallest absolute Gasteiger partial charge is 0.242 e. The van der Waals surface area contributed by atoms with Crippen LogP contribution in [0, 0.1) is 5.92 Å². The van der Waals surface area contributed by atoms with Gasteiger partial charge in [0.15, 0.2) is 0 Å². The molecule has 9 nitrogen and oxygen atoms in total. The van der Waals surface area contributed by atoms with Crippen molar-refractivity contribution in [1.82, 2.24) is 9.21 Å². The fraction of sp³-hybridized carbons (Fsp3) is 0.500. The lowest BCUT2D eigenvalue weighted by Crippen LogP contribution is -2.48. The van der Waals surface area contributed by atoms with Gasteiger partial charge in [0.25, 0.3) is 0 Å². The molecule has 1 N–H and O–H groups in total. The zero-order chi connectivity index (χ0) is 26.6. The summed E-state index contributed by atoms with van der Waals surface area (Å²) in [6, 6.07) is 11.5. The highest BCUT2D eigenvalue weighted by Gasteiger charge is 2.33. The van der Waals surface area contributed by atoms with Gasteiger partial charge < -0.3 is 24.4 Å². The Hall–Kier alpha value is -2.82. The van der Waals surface area contributed by atoms with Crippen LogP contribution in [0.1, 0.15) is 19.4 Å². The molecule has 0 bridgehead atoms. The number of nitrogens with zero attached hydrogens (tertiary/aromatic N) is 3. The Morgan fingerprint density at radius 3 is 2.42 bits per heavy atom. The number of benzene rings is 2. The van der Waals surface area contributed by atoms with E-state index in [0.717, 1.165) is 11.3 Å². The van der Waals surface area contributed by atoms with Gasteiger partial charge in [0, 0.05) is 44.9 Å². The van der Waals surface area contributed by atoms with Gasteiger partial charge in [-0.3, -0.25) is 4.79 Å². The number of sulfonamides is 1. The number of anilines is 1. The SMILES string of the molecule is COc1ccc(S(=O)(=O)N(C)C[C@@H]2Oc3ccc(N(C)C)cc3CC(=O)N([C@@H](C)CO)C[C@H]2C)cc1. The first-order chi connectivity index (χ1) is 17.0. The lowest BCUT2D eigenvalue weighted by molar-refractivity contribution is -0.134. The summed E-state index contributed by atoms with van der Waals surface area (Å²) in [7, 11) is 3.10. The Bertz CT molecular complexity index is 1150. The Morgan fingerprint density at radius 1 is 1.17 bits per heavy atom. The molecule has 3 atom stereocenters. The number of hydrogen-bond donors (Lipinski definition) is 1. The van der Waals surface area contributed by atoms with Crippen molar-refractivity contribution in [1.29, 1.82) is 0 Å². The molecule has 0 radical (unpaired) electrons. The minimum absolute atomic E-state index is 0.0833. The first-order valence-corrected chi connectivity index (χ1v) is 13.4. The molecule has 0 aliphatic carbocycles. The van der Waals surface area contributed by atoms with Crippen LogP contribution in [-0.4, -0.2) is 88.7 Å². The van der Waals surface area contributed by atoms with E-state index in [0.29, 0.717) is 18.0 Å². The number of amides is 1. The van der Waals surface area contributed by atoms with E-state index in [1.54, 1.807) is 24.0 Å². The highest BCUT2D eigenvalue weighted by molar-refractivity contribution is 7.89. The molecule has 198 valence electrons. The summed E-state index contributed by atoms with van der Waals surface area (Å²) in [5.74, 6) is 0.806. The zero-order valence-corrected chi connectivity index (χ0v) is 22.7. The number of hydrogen-bond acceptors (Lipinski definition) is 7. The van der Waals surface area contributed by atoms with Gasteiger partial charge in [0.2, 0.25) is 15.9 Å². The van der Waals surface area contributed by atoms with Gasteiger partial charge >= 0.3 is 0 Å². The van der Waals surface area contributed by atoms with Crippen molar-refractivity contribution in [2.24, 2.45) is 5.92 Å². The fourth-order valence-corrected chi connectivity index (χ4v) is 5.37. The molecule has 10 heteroatoms. The van der Waals surface area contributed by atoms with Crippen LogP contribution in [0.2, 0.25) is 0 Å². The average Bonchev–Trinajstić information content (AvgIpc) is 2.90. The van der Waals surface area contributed by atoms with E-state index in [-0.39, 0.29) is 42.3 Å². The molecule has 1 aliphatic rings. The van der Waals surface area contributed by atoms with Crippen LogP contribution >= 0.6 is 0 Å². The van der Waals surface area contributed by atoms with Crippen molar-refractivity contribution in [2.45, 2.75) is 37.3 Å². The third-order valence-corrected chi connectivity index (χ3v) is 8.46. The van der Waals surface area contributed by atoms with Crippen molar-refractivity contribution >= 4 is 21.6 Å². The number of aliphatic hydroxyl groups is 1. The minimum Gasteiger partial charge on any atom is -0.497 e. The lowest BCUT2D eigenvalue weighted by atomic mass is 10.0. The topological polar surface area (TPSA) is 99.6 Å². The maximum atomic E-state index is 13.3. The summed E-state index contributed by atoms with van der Waals surface area (Å²) in [5, 5.41) is 9.79. The number of likely N-dealkylation sites (N-methyl/N-ethyl adjacent to an activating group) is 1. The van der Waals surface area contributed by atoms with Crippen LogP contribution in [-0.2, 0) is 21.2 Å². The van der Waals surface area contributed by atoms with Crippen LogP contribution in [0.15, 0.2) is 47.4 Å². The number of fused-ring (bicyclic) bond motifs is 1. The summed E-state index contributed by atoms with van der Waals surface area (Å²) in [6.07, 6.45) is -0.410. The van der Waals surface area contributed by atoms with Crippen molar-refractivity contribution in [3.05, 3.63) is 48.0 Å². The summed E-state index contributed by atoms with van der Waals surface area (Å²) >= 11 is 0. The second kappa shape index (κ2) is 11.5. The van der Waals surface area contributed by atoms with E-state index >= 15 is 0 Å². The van der Waals surface area contributed by atoms with E-state index < -0.39 is 16.1 Å². The summed E-state index contributed by atoms with van der Waals surface area (Å²) in [6.45, 7) is 3.98. The Morgan fingerprint density at radius 2 is 1.83 bits per heavy atom. The van der Waals surface area contributed by atoms with E-state index in [1.807, 2.05) is 44.1 Å². The van der Waals surface area contributed by atoms with Crippen LogP contribution in [0.25, 0.3) is 0 Å². The van der Waals surface area contributed by atoms with Crippen molar-refractivity contribution in [3.63, 3.8) is 0 Å². The van der Waals surface area contributed by atoms with Crippen LogP contribution < -0.4 is 14.4 Å². The Kier molecular flexibility index (Phi) is 8.86. The van der Waals surface area contributed by atoms with E-state index in [2.05, 4.69) is 0 Å². The van der Waals surface area contributed by atoms with Gasteiger partial charge in [-0.2, -0.15) is 4.31 Å². The Labute approximate surface area is 214 Å². The maximum Gasteiger partial charge on any atom is 0.242 e. The molecule has 1 amide bonds. The lowest BCUT2D eigenvalue weighted by Gasteiger charge is -2.33. The Balaban J connectivity index is 1.96. The third kappa shape index (κ3) is 6.11. The molecular weight excluding hydrogens is 482 g/mol. The van der Waals surface area contributed by atoms with Crippen LogP contribution in [0.5, 0.6) is 11.5 Å². The molecule has 2 aromatic rings. The molecule has 0 fully saturated rings. The third-order valence-electron chi connectivity index (χ3n) is 6.62. The standard InChI is InChI=1S/C26H37N3O6S/c1-18-15-29(19(2)17-30)26(31)14-20-13-21(27(3)4)7-12-24(20)35-25(18)16-28(5)36(32,33)23-10-8-22(34-6)9-11-23/h7-13,18-19,25,30H,14-17H2,1-6H3/t18-,19+,25+/m1/s1. The number of rotatable bonds is 8. The summed E-state index contributed by atoms with van der Waals surface area (Å²) < 4.78 is 39.4. The van der Waals surface area contributed by atoms with Crippen LogP contribution in [0.3, 0.4) is 0 Å². The predicted molar refractivity (Wildman–Crippen MR) is 139 cm³/mol. The van der Waals surface area contributed by atoms with Crippen molar-refractivity contribution in [2.75, 3.05) is 52.8 Å². The molecular formula is C26H37N3O6S. The van der Waals surface area contributed by atoms with Gasteiger partial charge in [-0.1, -0.05) is 6.92 Å². The second-order valence-corrected chi connectivity index (χ2v) is 11.6. The van der Waals surface area contributed by atoms with Gasteiger partial charge in [-0.25, -0.2) is 8.42 Å². The molecule has 1 heterocycles. The van der Waals surface area contributed by atoms with E-state index in [4.69, 9.17) is 9.47 Å². The highest BCUT2D eigenvalue weighted by atomic mass is 32.2. The quantitative estimate of drug-likeness (QED) is 0.571. The molecule has 0 saturated heterocycles. The minimum atomic E-state index is -3.79. The van der Waals surface area contributed by atoms with Gasteiger partial charge in [0.1, 0.15) is 17.6 Å². The maximum absolute atomic E-state index is 13.3. The molecule has 3 rings (SSSR count). The van der Waals surface area contributed by atoms with Gasteiger partial charge in [-0.15, -0.1) is 0 Å². The van der Waals surface area contributed by atoms with E-state index in [9.17, 15) is 18.3 Å². The molecule has 0 unspecified atom stereocenters. The zero-order valence-electron chi connectivity index (χ0n) is 21.8. The molecule has 36 heavy (non-hydrogen) atoms. The second-order valence-electron chi connectivity index (χ2n) is 9.54. The van der Waals surface area contributed by atoms with Gasteiger partial charge in [0.05, 0.1) is 37.6 Å². The summed E-state index contributed by atoms with van der Waals surface area (Å²) in [4.78, 5) is 17.0. The molecule has 1 aliphatic heterocycles. The first-order valence-electron chi connectivity index (χ1n) is 12.0. The van der Waals surface area contributed by atoms with E-state index in [1.165, 1.54) is 30.6 Å². The molecule has 0 saturated carbocycles. The summed E-state index contributed by atoms with van der Waals surface area (Å²) in [5.41, 5.74) is 1.65. The number of ether oxygens (including phenoxy) is 2. The van der Waals surface area contributed by atoms with Crippen molar-refractivity contribution < 1.29 is 27.8 Å². The number of methoxy groups -OCH3 is 1.